The zero-order valence-electron chi connectivity index (χ0n) is 12.3. The predicted molar refractivity (Wildman–Crippen MR) is 78.3 cm³/mol. The van der Waals surface area contributed by atoms with E-state index in [-0.39, 0.29) is 18.2 Å². The van der Waals surface area contributed by atoms with E-state index >= 15 is 0 Å². The first kappa shape index (κ1) is 14.4. The largest absolute Gasteiger partial charge is 0.469 e. The highest BCUT2D eigenvalue weighted by Gasteiger charge is 2.30. The number of carbonyl (C=O) groups excluding carboxylic acids is 1. The number of hydrogen-bond donors (Lipinski definition) is 0. The molecule has 2 aliphatic heterocycles. The molecule has 0 aromatic heterocycles. The van der Waals surface area contributed by atoms with Gasteiger partial charge >= 0.3 is 5.97 Å². The highest BCUT2D eigenvalue weighted by Crippen LogP contribution is 2.36. The Morgan fingerprint density at radius 2 is 2.10 bits per heavy atom. The van der Waals surface area contributed by atoms with Crippen LogP contribution in [0.3, 0.4) is 0 Å². The number of anilines is 1. The van der Waals surface area contributed by atoms with Crippen molar-refractivity contribution in [2.75, 3.05) is 38.3 Å². The number of benzene rings is 1. The Bertz CT molecular complexity index is 499. The second kappa shape index (κ2) is 6.45. The lowest BCUT2D eigenvalue weighted by atomic mass is 9.90. The minimum Gasteiger partial charge on any atom is -0.469 e. The quantitative estimate of drug-likeness (QED) is 0.793. The van der Waals surface area contributed by atoms with Gasteiger partial charge in [-0.2, -0.15) is 0 Å². The van der Waals surface area contributed by atoms with E-state index in [1.807, 2.05) is 18.2 Å². The van der Waals surface area contributed by atoms with Gasteiger partial charge in [-0.25, -0.2) is 0 Å². The van der Waals surface area contributed by atoms with Crippen LogP contribution in [0.15, 0.2) is 24.3 Å². The van der Waals surface area contributed by atoms with Crippen molar-refractivity contribution in [2.45, 2.75) is 25.0 Å². The molecule has 0 N–H and O–H groups in total. The van der Waals surface area contributed by atoms with Gasteiger partial charge in [-0.15, -0.1) is 0 Å². The van der Waals surface area contributed by atoms with Gasteiger partial charge in [0.25, 0.3) is 0 Å². The smallest absolute Gasteiger partial charge is 0.313 e. The van der Waals surface area contributed by atoms with E-state index in [9.17, 15) is 4.79 Å². The zero-order chi connectivity index (χ0) is 14.7. The SMILES string of the molecule is COC(=O)C1CCN(CCC2OCCO2)c2ccccc21. The molecule has 1 aromatic rings. The molecule has 1 saturated heterocycles. The topological polar surface area (TPSA) is 48.0 Å². The molecule has 1 aromatic carbocycles. The van der Waals surface area contributed by atoms with E-state index in [0.717, 1.165) is 37.2 Å². The first-order valence-corrected chi connectivity index (χ1v) is 7.44. The van der Waals surface area contributed by atoms with Gasteiger partial charge in [0.05, 0.1) is 26.2 Å². The number of esters is 1. The Kier molecular flexibility index (Phi) is 4.41. The van der Waals surface area contributed by atoms with Crippen LogP contribution in [0.4, 0.5) is 5.69 Å². The molecule has 3 rings (SSSR count). The third-order valence-corrected chi connectivity index (χ3v) is 4.15. The fourth-order valence-electron chi connectivity index (χ4n) is 3.09. The summed E-state index contributed by atoms with van der Waals surface area (Å²) in [7, 11) is 1.45. The van der Waals surface area contributed by atoms with Crippen LogP contribution in [-0.4, -0.2) is 45.7 Å². The molecule has 0 saturated carbocycles. The summed E-state index contributed by atoms with van der Waals surface area (Å²) in [5.74, 6) is -0.300. The van der Waals surface area contributed by atoms with E-state index in [0.29, 0.717) is 13.2 Å². The van der Waals surface area contributed by atoms with Gasteiger partial charge in [0.15, 0.2) is 6.29 Å². The molecule has 0 radical (unpaired) electrons. The van der Waals surface area contributed by atoms with Gasteiger partial charge in [0, 0.05) is 25.2 Å². The molecule has 5 nitrogen and oxygen atoms in total. The summed E-state index contributed by atoms with van der Waals surface area (Å²) in [6.45, 7) is 3.09. The molecule has 5 heteroatoms. The monoisotopic (exact) mass is 291 g/mol. The molecule has 2 aliphatic rings. The first-order valence-electron chi connectivity index (χ1n) is 7.44. The average molecular weight is 291 g/mol. The number of hydrogen-bond acceptors (Lipinski definition) is 5. The van der Waals surface area contributed by atoms with E-state index in [1.165, 1.54) is 7.11 Å². The number of fused-ring (bicyclic) bond motifs is 1. The molecule has 1 unspecified atom stereocenters. The highest BCUT2D eigenvalue weighted by molar-refractivity contribution is 5.81. The van der Waals surface area contributed by atoms with Crippen LogP contribution < -0.4 is 4.90 Å². The zero-order valence-corrected chi connectivity index (χ0v) is 12.3. The molecule has 1 fully saturated rings. The van der Waals surface area contributed by atoms with Crippen LogP contribution in [0.25, 0.3) is 0 Å². The van der Waals surface area contributed by atoms with Crippen molar-refractivity contribution in [2.24, 2.45) is 0 Å². The van der Waals surface area contributed by atoms with Gasteiger partial charge in [0.1, 0.15) is 0 Å². The molecule has 0 spiro atoms. The number of rotatable bonds is 4. The molecule has 2 heterocycles. The van der Waals surface area contributed by atoms with Crippen molar-refractivity contribution in [3.63, 3.8) is 0 Å². The summed E-state index contributed by atoms with van der Waals surface area (Å²) in [4.78, 5) is 14.2. The summed E-state index contributed by atoms with van der Waals surface area (Å²) in [6.07, 6.45) is 1.54. The molecule has 21 heavy (non-hydrogen) atoms. The number of carbonyl (C=O) groups is 1. The van der Waals surface area contributed by atoms with Crippen LogP contribution in [0.1, 0.15) is 24.3 Å². The summed E-state index contributed by atoms with van der Waals surface area (Å²) in [5, 5.41) is 0. The van der Waals surface area contributed by atoms with Crippen LogP contribution in [0, 0.1) is 0 Å². The summed E-state index contributed by atoms with van der Waals surface area (Å²) >= 11 is 0. The predicted octanol–water partition coefficient (Wildman–Crippen LogP) is 1.92. The number of ether oxygens (including phenoxy) is 3. The lowest BCUT2D eigenvalue weighted by molar-refractivity contribution is -0.142. The Balaban J connectivity index is 1.72. The summed E-state index contributed by atoms with van der Waals surface area (Å²) < 4.78 is 15.9. The number of para-hydroxylation sites is 1. The lowest BCUT2D eigenvalue weighted by Gasteiger charge is -2.35. The van der Waals surface area contributed by atoms with Gasteiger partial charge in [-0.05, 0) is 18.1 Å². The molecule has 0 aliphatic carbocycles. The molecular formula is C16H21NO4. The Morgan fingerprint density at radius 1 is 1.33 bits per heavy atom. The van der Waals surface area contributed by atoms with E-state index in [4.69, 9.17) is 14.2 Å². The van der Waals surface area contributed by atoms with Crippen molar-refractivity contribution in [1.29, 1.82) is 0 Å². The van der Waals surface area contributed by atoms with E-state index in [1.54, 1.807) is 0 Å². The third kappa shape index (κ3) is 3.04. The van der Waals surface area contributed by atoms with Gasteiger partial charge in [-0.3, -0.25) is 4.79 Å². The van der Waals surface area contributed by atoms with Crippen molar-refractivity contribution >= 4 is 11.7 Å². The van der Waals surface area contributed by atoms with Crippen molar-refractivity contribution < 1.29 is 19.0 Å². The standard InChI is InChI=1S/C16H21NO4/c1-19-16(18)13-6-8-17(9-7-15-20-10-11-21-15)14-5-3-2-4-12(13)14/h2-5,13,15H,6-11H2,1H3. The second-order valence-corrected chi connectivity index (χ2v) is 5.37. The molecule has 114 valence electrons. The van der Waals surface area contributed by atoms with Crippen LogP contribution in [-0.2, 0) is 19.0 Å². The fourth-order valence-corrected chi connectivity index (χ4v) is 3.09. The van der Waals surface area contributed by atoms with Gasteiger partial charge < -0.3 is 19.1 Å². The Labute approximate surface area is 124 Å². The maximum Gasteiger partial charge on any atom is 0.313 e. The van der Waals surface area contributed by atoms with E-state index < -0.39 is 0 Å². The summed E-state index contributed by atoms with van der Waals surface area (Å²) in [5.41, 5.74) is 2.18. The number of methoxy groups -OCH3 is 1. The van der Waals surface area contributed by atoms with Crippen molar-refractivity contribution in [3.05, 3.63) is 29.8 Å². The number of nitrogens with zero attached hydrogens (tertiary/aromatic N) is 1. The van der Waals surface area contributed by atoms with Crippen molar-refractivity contribution in [1.82, 2.24) is 0 Å². The average Bonchev–Trinajstić information content (AvgIpc) is 3.05. The van der Waals surface area contributed by atoms with Crippen LogP contribution in [0.2, 0.25) is 0 Å². The second-order valence-electron chi connectivity index (χ2n) is 5.37. The first-order chi connectivity index (χ1) is 10.3. The molecule has 1 atom stereocenters. The van der Waals surface area contributed by atoms with Gasteiger partial charge in [0.2, 0.25) is 0 Å². The van der Waals surface area contributed by atoms with Crippen LogP contribution >= 0.6 is 0 Å². The minimum atomic E-state index is -0.151. The minimum absolute atomic E-state index is 0.0875. The van der Waals surface area contributed by atoms with Crippen LogP contribution in [0.5, 0.6) is 0 Å². The maximum absolute atomic E-state index is 11.9. The Hall–Kier alpha value is -1.59. The molecule has 0 bridgehead atoms. The van der Waals surface area contributed by atoms with E-state index in [2.05, 4.69) is 11.0 Å². The van der Waals surface area contributed by atoms with Crippen molar-refractivity contribution in [3.8, 4) is 0 Å². The third-order valence-electron chi connectivity index (χ3n) is 4.15. The lowest BCUT2D eigenvalue weighted by Crippen LogP contribution is -2.35. The van der Waals surface area contributed by atoms with Gasteiger partial charge in [-0.1, -0.05) is 18.2 Å². The highest BCUT2D eigenvalue weighted by atomic mass is 16.7. The fraction of sp³-hybridized carbons (Fsp3) is 0.562. The summed E-state index contributed by atoms with van der Waals surface area (Å²) in [6, 6.07) is 8.07. The normalized spacial score (nSPS) is 22.1. The molecule has 0 amide bonds. The molecular weight excluding hydrogens is 270 g/mol. The maximum atomic E-state index is 11.9. The Morgan fingerprint density at radius 3 is 2.86 bits per heavy atom.